The monoisotopic (exact) mass is 244 g/mol. The van der Waals surface area contributed by atoms with Gasteiger partial charge in [-0.25, -0.2) is 4.79 Å². The van der Waals surface area contributed by atoms with Gasteiger partial charge in [-0.2, -0.15) is 0 Å². The molecule has 0 saturated heterocycles. The molecule has 2 N–H and O–H groups in total. The lowest BCUT2D eigenvalue weighted by Gasteiger charge is -2.27. The number of nitrogens with one attached hydrogen (secondary N) is 1. The quantitative estimate of drug-likeness (QED) is 0.720. The minimum Gasteiger partial charge on any atom is -0.481 e. The zero-order chi connectivity index (χ0) is 13.4. The molecule has 100 valence electrons. The van der Waals surface area contributed by atoms with Crippen molar-refractivity contribution in [2.24, 2.45) is 0 Å². The molecule has 2 atom stereocenters. The lowest BCUT2D eigenvalue weighted by molar-refractivity contribution is -0.137. The van der Waals surface area contributed by atoms with Crippen LogP contribution in [0.25, 0.3) is 0 Å². The van der Waals surface area contributed by atoms with Crippen LogP contribution in [-0.2, 0) is 4.79 Å². The molecular formula is C12H24N2O3. The van der Waals surface area contributed by atoms with Crippen molar-refractivity contribution < 1.29 is 14.7 Å². The van der Waals surface area contributed by atoms with E-state index in [0.717, 1.165) is 12.8 Å². The normalized spacial score (nSPS) is 13.9. The summed E-state index contributed by atoms with van der Waals surface area (Å²) >= 11 is 0. The van der Waals surface area contributed by atoms with E-state index in [0.29, 0.717) is 6.42 Å². The minimum absolute atomic E-state index is 0.0295. The number of nitrogens with zero attached hydrogens (tertiary/aromatic N) is 1. The number of rotatable bonds is 7. The van der Waals surface area contributed by atoms with E-state index >= 15 is 0 Å². The van der Waals surface area contributed by atoms with Crippen molar-refractivity contribution >= 4 is 12.0 Å². The van der Waals surface area contributed by atoms with Crippen LogP contribution in [0.3, 0.4) is 0 Å². The molecule has 0 radical (unpaired) electrons. The molecule has 0 spiro atoms. The van der Waals surface area contributed by atoms with Gasteiger partial charge in [-0.15, -0.1) is 0 Å². The van der Waals surface area contributed by atoms with Crippen molar-refractivity contribution in [3.05, 3.63) is 0 Å². The summed E-state index contributed by atoms with van der Waals surface area (Å²) in [7, 11) is 1.74. The van der Waals surface area contributed by atoms with E-state index in [1.165, 1.54) is 0 Å². The molecule has 0 bridgehead atoms. The highest BCUT2D eigenvalue weighted by atomic mass is 16.4. The molecule has 0 heterocycles. The van der Waals surface area contributed by atoms with E-state index in [4.69, 9.17) is 5.11 Å². The molecule has 17 heavy (non-hydrogen) atoms. The van der Waals surface area contributed by atoms with Crippen molar-refractivity contribution in [3.8, 4) is 0 Å². The molecule has 5 heteroatoms. The standard InChI is InChI=1S/C12H24N2O3/c1-5-7-9(3)14(4)12(17)13-10(6-2)8-11(15)16/h9-10H,5-8H2,1-4H3,(H,13,17)(H,15,16). The predicted molar refractivity (Wildman–Crippen MR) is 67.0 cm³/mol. The number of amides is 2. The fourth-order valence-electron chi connectivity index (χ4n) is 1.60. The molecule has 0 aliphatic rings. The summed E-state index contributed by atoms with van der Waals surface area (Å²) in [6.45, 7) is 5.92. The SMILES string of the molecule is CCCC(C)N(C)C(=O)NC(CC)CC(=O)O. The van der Waals surface area contributed by atoms with Gasteiger partial charge in [0.15, 0.2) is 0 Å². The van der Waals surface area contributed by atoms with Gasteiger partial charge in [0.25, 0.3) is 0 Å². The summed E-state index contributed by atoms with van der Waals surface area (Å²) in [4.78, 5) is 24.1. The second kappa shape index (κ2) is 7.92. The summed E-state index contributed by atoms with van der Waals surface area (Å²) in [6, 6.07) is -0.322. The molecule has 0 saturated carbocycles. The van der Waals surface area contributed by atoms with Crippen molar-refractivity contribution in [2.75, 3.05) is 7.05 Å². The number of aliphatic carboxylic acids is 1. The maximum atomic E-state index is 11.8. The van der Waals surface area contributed by atoms with Gasteiger partial charge in [0.05, 0.1) is 6.42 Å². The first kappa shape index (κ1) is 15.7. The zero-order valence-corrected chi connectivity index (χ0v) is 11.2. The summed E-state index contributed by atoms with van der Waals surface area (Å²) in [5, 5.41) is 11.4. The Morgan fingerprint density at radius 2 is 1.94 bits per heavy atom. The Kier molecular flexibility index (Phi) is 7.34. The topological polar surface area (TPSA) is 69.6 Å². The molecule has 2 amide bonds. The Bertz CT molecular complexity index is 256. The number of carbonyl (C=O) groups is 2. The van der Waals surface area contributed by atoms with Crippen LogP contribution in [0.15, 0.2) is 0 Å². The molecule has 0 aliphatic heterocycles. The second-order valence-electron chi connectivity index (χ2n) is 4.40. The molecular weight excluding hydrogens is 220 g/mol. The van der Waals surface area contributed by atoms with E-state index in [-0.39, 0.29) is 24.5 Å². The van der Waals surface area contributed by atoms with Gasteiger partial charge in [-0.1, -0.05) is 20.3 Å². The summed E-state index contributed by atoms with van der Waals surface area (Å²) < 4.78 is 0. The highest BCUT2D eigenvalue weighted by Gasteiger charge is 2.19. The van der Waals surface area contributed by atoms with Crippen LogP contribution in [-0.4, -0.2) is 41.1 Å². The Hall–Kier alpha value is -1.26. The van der Waals surface area contributed by atoms with E-state index in [9.17, 15) is 9.59 Å². The highest BCUT2D eigenvalue weighted by molar-refractivity contribution is 5.75. The average molecular weight is 244 g/mol. The van der Waals surface area contributed by atoms with E-state index in [2.05, 4.69) is 12.2 Å². The number of carboxylic acid groups (broad SMARTS) is 1. The Balaban J connectivity index is 4.25. The fourth-order valence-corrected chi connectivity index (χ4v) is 1.60. The van der Waals surface area contributed by atoms with Crippen LogP contribution in [0, 0.1) is 0 Å². The number of carboxylic acids is 1. The van der Waals surface area contributed by atoms with E-state index in [1.54, 1.807) is 11.9 Å². The molecule has 0 aromatic carbocycles. The van der Waals surface area contributed by atoms with Crippen LogP contribution in [0.2, 0.25) is 0 Å². The number of urea groups is 1. The zero-order valence-electron chi connectivity index (χ0n) is 11.2. The van der Waals surface area contributed by atoms with Gasteiger partial charge in [-0.3, -0.25) is 4.79 Å². The Morgan fingerprint density at radius 1 is 1.35 bits per heavy atom. The molecule has 0 aromatic heterocycles. The molecule has 0 fully saturated rings. The smallest absolute Gasteiger partial charge is 0.317 e. The van der Waals surface area contributed by atoms with Gasteiger partial charge in [0.2, 0.25) is 0 Å². The molecule has 2 unspecified atom stereocenters. The molecule has 5 nitrogen and oxygen atoms in total. The maximum absolute atomic E-state index is 11.8. The molecule has 0 aromatic rings. The summed E-state index contributed by atoms with van der Waals surface area (Å²) in [6.07, 6.45) is 2.55. The van der Waals surface area contributed by atoms with Crippen LogP contribution >= 0.6 is 0 Å². The number of carbonyl (C=O) groups excluding carboxylic acids is 1. The first-order valence-electron chi connectivity index (χ1n) is 6.17. The van der Waals surface area contributed by atoms with Crippen LogP contribution in [0.4, 0.5) is 4.79 Å². The van der Waals surface area contributed by atoms with Crippen LogP contribution < -0.4 is 5.32 Å². The Labute approximate surface area is 103 Å². The largest absolute Gasteiger partial charge is 0.481 e. The summed E-state index contributed by atoms with van der Waals surface area (Å²) in [5.74, 6) is -0.888. The third kappa shape index (κ3) is 6.14. The number of hydrogen-bond acceptors (Lipinski definition) is 2. The third-order valence-electron chi connectivity index (χ3n) is 2.93. The van der Waals surface area contributed by atoms with E-state index in [1.807, 2.05) is 13.8 Å². The van der Waals surface area contributed by atoms with Gasteiger partial charge < -0.3 is 15.3 Å². The van der Waals surface area contributed by atoms with Crippen molar-refractivity contribution in [1.29, 1.82) is 0 Å². The van der Waals surface area contributed by atoms with Gasteiger partial charge in [0.1, 0.15) is 0 Å². The van der Waals surface area contributed by atoms with Crippen LogP contribution in [0.5, 0.6) is 0 Å². The lowest BCUT2D eigenvalue weighted by atomic mass is 10.1. The molecule has 0 rings (SSSR count). The first-order chi connectivity index (χ1) is 7.92. The van der Waals surface area contributed by atoms with Crippen LogP contribution in [0.1, 0.15) is 46.5 Å². The lowest BCUT2D eigenvalue weighted by Crippen LogP contribution is -2.46. The third-order valence-corrected chi connectivity index (χ3v) is 2.93. The first-order valence-corrected chi connectivity index (χ1v) is 6.17. The average Bonchev–Trinajstić information content (AvgIpc) is 2.26. The highest BCUT2D eigenvalue weighted by Crippen LogP contribution is 2.05. The van der Waals surface area contributed by atoms with Crippen molar-refractivity contribution in [2.45, 2.75) is 58.5 Å². The molecule has 0 aliphatic carbocycles. The van der Waals surface area contributed by atoms with Gasteiger partial charge in [-0.05, 0) is 19.8 Å². The number of hydrogen-bond donors (Lipinski definition) is 2. The maximum Gasteiger partial charge on any atom is 0.317 e. The minimum atomic E-state index is -0.888. The van der Waals surface area contributed by atoms with Crippen molar-refractivity contribution in [3.63, 3.8) is 0 Å². The van der Waals surface area contributed by atoms with Crippen molar-refractivity contribution in [1.82, 2.24) is 10.2 Å². The van der Waals surface area contributed by atoms with Gasteiger partial charge >= 0.3 is 12.0 Å². The second-order valence-corrected chi connectivity index (χ2v) is 4.40. The van der Waals surface area contributed by atoms with Gasteiger partial charge in [0, 0.05) is 19.1 Å². The van der Waals surface area contributed by atoms with E-state index < -0.39 is 5.97 Å². The predicted octanol–water partition coefficient (Wildman–Crippen LogP) is 2.07. The fraction of sp³-hybridized carbons (Fsp3) is 0.833. The summed E-state index contributed by atoms with van der Waals surface area (Å²) in [5.41, 5.74) is 0. The Morgan fingerprint density at radius 3 is 2.35 bits per heavy atom.